The zero-order chi connectivity index (χ0) is 22.8. The predicted octanol–water partition coefficient (Wildman–Crippen LogP) is 3.72. The van der Waals surface area contributed by atoms with Crippen LogP contribution in [0.25, 0.3) is 10.9 Å². The average molecular weight is 445 g/mol. The van der Waals surface area contributed by atoms with Crippen LogP contribution in [-0.4, -0.2) is 45.0 Å². The molecule has 4 aromatic rings. The van der Waals surface area contributed by atoms with Crippen LogP contribution in [0.5, 0.6) is 23.1 Å². The Morgan fingerprint density at radius 1 is 1.06 bits per heavy atom. The van der Waals surface area contributed by atoms with Crippen molar-refractivity contribution in [1.29, 1.82) is 0 Å². The highest BCUT2D eigenvalue weighted by Crippen LogP contribution is 2.38. The third kappa shape index (κ3) is 4.62. The van der Waals surface area contributed by atoms with Gasteiger partial charge in [0.2, 0.25) is 5.88 Å². The molecule has 0 unspecified atom stereocenters. The molecule has 1 saturated carbocycles. The van der Waals surface area contributed by atoms with E-state index in [2.05, 4.69) is 20.3 Å². The number of methoxy groups -OCH3 is 2. The second-order valence-electron chi connectivity index (χ2n) is 7.98. The van der Waals surface area contributed by atoms with Gasteiger partial charge >= 0.3 is 0 Å². The van der Waals surface area contributed by atoms with Crippen LogP contribution in [-0.2, 0) is 17.8 Å². The van der Waals surface area contributed by atoms with Gasteiger partial charge in [-0.3, -0.25) is 4.79 Å². The average Bonchev–Trinajstić information content (AvgIpc) is 3.58. The van der Waals surface area contributed by atoms with Crippen molar-refractivity contribution in [3.63, 3.8) is 0 Å². The van der Waals surface area contributed by atoms with Gasteiger partial charge in [-0.05, 0) is 36.6 Å². The van der Waals surface area contributed by atoms with Crippen molar-refractivity contribution in [2.75, 3.05) is 14.2 Å². The van der Waals surface area contributed by atoms with Crippen LogP contribution in [0.15, 0.2) is 48.9 Å². The van der Waals surface area contributed by atoms with Gasteiger partial charge in [-0.1, -0.05) is 17.3 Å². The van der Waals surface area contributed by atoms with Crippen molar-refractivity contribution in [3.05, 3.63) is 60.2 Å². The first-order valence-corrected chi connectivity index (χ1v) is 10.7. The minimum atomic E-state index is 0.0683. The number of carbonyl (C=O) groups excluding carboxylic acids is 1. The molecule has 0 bridgehead atoms. The van der Waals surface area contributed by atoms with Gasteiger partial charge in [0.1, 0.15) is 18.6 Å². The maximum atomic E-state index is 12.5. The van der Waals surface area contributed by atoms with Crippen LogP contribution in [0.2, 0.25) is 0 Å². The summed E-state index contributed by atoms with van der Waals surface area (Å²) in [5.41, 5.74) is 2.56. The molecular formula is C24H23N5O4. The van der Waals surface area contributed by atoms with Crippen molar-refractivity contribution in [1.82, 2.24) is 25.0 Å². The summed E-state index contributed by atoms with van der Waals surface area (Å²) in [5.74, 6) is 2.75. The number of carbonyl (C=O) groups is 1. The Hall–Kier alpha value is -4.01. The van der Waals surface area contributed by atoms with Crippen molar-refractivity contribution in [2.45, 2.75) is 31.7 Å². The third-order valence-electron chi connectivity index (χ3n) is 5.53. The van der Waals surface area contributed by atoms with Crippen molar-refractivity contribution >= 4 is 16.7 Å². The lowest BCUT2D eigenvalue weighted by atomic mass is 10.1. The van der Waals surface area contributed by atoms with Crippen LogP contribution >= 0.6 is 0 Å². The smallest absolute Gasteiger partial charge is 0.230 e. The number of hydrogen-bond acceptors (Lipinski definition) is 8. The summed E-state index contributed by atoms with van der Waals surface area (Å²) in [6.45, 7) is 0.218. The monoisotopic (exact) mass is 445 g/mol. The molecule has 9 heteroatoms. The zero-order valence-corrected chi connectivity index (χ0v) is 18.4. The number of hydrogen-bond donors (Lipinski definition) is 0. The van der Waals surface area contributed by atoms with Crippen LogP contribution < -0.4 is 14.2 Å². The number of aromatic nitrogens is 5. The second kappa shape index (κ2) is 8.85. The molecule has 33 heavy (non-hydrogen) atoms. The SMILES string of the molecule is COc1cc2ncnc(Oc3ccc(CC(=O)Cn4cc(C5CC5)nn4)cc3)c2cc1OC. The van der Waals surface area contributed by atoms with Crippen molar-refractivity contribution in [3.8, 4) is 23.1 Å². The topological polar surface area (TPSA) is 101 Å². The maximum Gasteiger partial charge on any atom is 0.230 e. The second-order valence-corrected chi connectivity index (χ2v) is 7.98. The fourth-order valence-corrected chi connectivity index (χ4v) is 3.65. The highest BCUT2D eigenvalue weighted by Gasteiger charge is 2.26. The van der Waals surface area contributed by atoms with Crippen LogP contribution in [0.4, 0.5) is 0 Å². The van der Waals surface area contributed by atoms with E-state index in [1.807, 2.05) is 30.5 Å². The van der Waals surface area contributed by atoms with E-state index in [0.717, 1.165) is 24.1 Å². The number of benzene rings is 2. The molecule has 0 amide bonds. The molecule has 0 N–H and O–H groups in total. The van der Waals surface area contributed by atoms with Gasteiger partial charge in [0.25, 0.3) is 0 Å². The van der Waals surface area contributed by atoms with Gasteiger partial charge < -0.3 is 14.2 Å². The van der Waals surface area contributed by atoms with E-state index in [1.54, 1.807) is 31.0 Å². The molecule has 1 fully saturated rings. The molecule has 0 radical (unpaired) electrons. The minimum Gasteiger partial charge on any atom is -0.493 e. The van der Waals surface area contributed by atoms with Gasteiger partial charge in [-0.25, -0.2) is 14.6 Å². The number of nitrogens with zero attached hydrogens (tertiary/aromatic N) is 5. The maximum absolute atomic E-state index is 12.5. The van der Waals surface area contributed by atoms with Crippen molar-refractivity contribution in [2.24, 2.45) is 0 Å². The highest BCUT2D eigenvalue weighted by molar-refractivity contribution is 5.87. The Balaban J connectivity index is 1.26. The summed E-state index contributed by atoms with van der Waals surface area (Å²) < 4.78 is 18.3. The summed E-state index contributed by atoms with van der Waals surface area (Å²) >= 11 is 0. The van der Waals surface area contributed by atoms with Gasteiger partial charge in [-0.2, -0.15) is 0 Å². The van der Waals surface area contributed by atoms with Gasteiger partial charge in [-0.15, -0.1) is 5.10 Å². The van der Waals surface area contributed by atoms with E-state index >= 15 is 0 Å². The molecule has 1 aliphatic carbocycles. The Kier molecular flexibility index (Phi) is 5.60. The Bertz CT molecular complexity index is 1300. The molecule has 1 aliphatic rings. The largest absolute Gasteiger partial charge is 0.493 e. The molecule has 0 atom stereocenters. The summed E-state index contributed by atoms with van der Waals surface area (Å²) in [5, 5.41) is 8.92. The van der Waals surface area contributed by atoms with Gasteiger partial charge in [0, 0.05) is 24.6 Å². The molecule has 0 saturated heterocycles. The Morgan fingerprint density at radius 3 is 2.55 bits per heavy atom. The fraction of sp³-hybridized carbons (Fsp3) is 0.292. The molecule has 0 spiro atoms. The van der Waals surface area contributed by atoms with Gasteiger partial charge in [0.05, 0.1) is 30.8 Å². The Morgan fingerprint density at radius 2 is 1.82 bits per heavy atom. The summed E-state index contributed by atoms with van der Waals surface area (Å²) in [6.07, 6.45) is 5.95. The van der Waals surface area contributed by atoms with Crippen molar-refractivity contribution < 1.29 is 19.0 Å². The lowest BCUT2D eigenvalue weighted by Crippen LogP contribution is -2.13. The lowest BCUT2D eigenvalue weighted by Gasteiger charge is -2.11. The highest BCUT2D eigenvalue weighted by atomic mass is 16.5. The van der Waals surface area contributed by atoms with Crippen LogP contribution in [0, 0.1) is 0 Å². The molecule has 2 aromatic heterocycles. The number of fused-ring (bicyclic) bond motifs is 1. The van der Waals surface area contributed by atoms with Gasteiger partial charge in [0.15, 0.2) is 17.3 Å². The summed E-state index contributed by atoms with van der Waals surface area (Å²) in [6, 6.07) is 10.9. The molecule has 5 rings (SSSR count). The van der Waals surface area contributed by atoms with E-state index < -0.39 is 0 Å². The fourth-order valence-electron chi connectivity index (χ4n) is 3.65. The lowest BCUT2D eigenvalue weighted by molar-refractivity contribution is -0.119. The zero-order valence-electron chi connectivity index (χ0n) is 18.4. The molecule has 9 nitrogen and oxygen atoms in total. The quantitative estimate of drug-likeness (QED) is 0.384. The van der Waals surface area contributed by atoms with E-state index in [9.17, 15) is 4.79 Å². The van der Waals surface area contributed by atoms with E-state index in [0.29, 0.717) is 46.4 Å². The summed E-state index contributed by atoms with van der Waals surface area (Å²) in [4.78, 5) is 21.0. The molecule has 2 aromatic carbocycles. The van der Waals surface area contributed by atoms with E-state index in [-0.39, 0.29) is 12.3 Å². The molecule has 168 valence electrons. The van der Waals surface area contributed by atoms with Crippen LogP contribution in [0.1, 0.15) is 30.0 Å². The number of Topliss-reactive ketones (excluding diaryl/α,β-unsaturated/α-hetero) is 1. The Labute approximate surface area is 190 Å². The van der Waals surface area contributed by atoms with E-state index in [1.165, 1.54) is 6.33 Å². The number of ketones is 1. The predicted molar refractivity (Wildman–Crippen MR) is 120 cm³/mol. The first-order valence-electron chi connectivity index (χ1n) is 10.7. The molecule has 0 aliphatic heterocycles. The first-order chi connectivity index (χ1) is 16.1. The molecular weight excluding hydrogens is 422 g/mol. The first kappa shape index (κ1) is 20.9. The normalized spacial score (nSPS) is 13.2. The summed E-state index contributed by atoms with van der Waals surface area (Å²) in [7, 11) is 3.15. The minimum absolute atomic E-state index is 0.0683. The third-order valence-corrected chi connectivity index (χ3v) is 5.53. The number of rotatable bonds is 9. The van der Waals surface area contributed by atoms with Crippen LogP contribution in [0.3, 0.4) is 0 Å². The van der Waals surface area contributed by atoms with E-state index in [4.69, 9.17) is 14.2 Å². The number of ether oxygens (including phenoxy) is 3. The molecule has 2 heterocycles. The standard InChI is InChI=1S/C24H23N5O4/c1-31-22-10-19-20(11-23(22)32-2)25-14-26-24(19)33-18-7-3-15(4-8-18)9-17(30)12-29-13-21(27-28-29)16-5-6-16/h3-4,7-8,10-11,13-14,16H,5-6,9,12H2,1-2H3.